The van der Waals surface area contributed by atoms with E-state index in [1.54, 1.807) is 13.8 Å². The highest BCUT2D eigenvalue weighted by atomic mass is 16.6. The Labute approximate surface area is 154 Å². The van der Waals surface area contributed by atoms with Gasteiger partial charge in [-0.05, 0) is 19.4 Å². The molecule has 5 aliphatic rings. The van der Waals surface area contributed by atoms with Crippen molar-refractivity contribution in [2.75, 3.05) is 0 Å². The molecule has 3 unspecified atom stereocenters. The summed E-state index contributed by atoms with van der Waals surface area (Å²) in [7, 11) is 0. The fourth-order valence-corrected chi connectivity index (χ4v) is 6.14. The van der Waals surface area contributed by atoms with Gasteiger partial charge in [0.1, 0.15) is 23.7 Å². The van der Waals surface area contributed by atoms with Crippen LogP contribution in [0.2, 0.25) is 0 Å². The Morgan fingerprint density at radius 1 is 1.04 bits per heavy atom. The van der Waals surface area contributed by atoms with Crippen molar-refractivity contribution in [1.29, 1.82) is 0 Å². The maximum absolute atomic E-state index is 12.7. The molecule has 0 aromatic rings. The molecule has 9 nitrogen and oxygen atoms in total. The number of esters is 2. The normalized spacial score (nSPS) is 56.6. The number of aliphatic hydroxyl groups excluding tert-OH is 4. The van der Waals surface area contributed by atoms with Gasteiger partial charge in [-0.15, -0.1) is 0 Å². The first-order valence-electron chi connectivity index (χ1n) is 9.10. The van der Waals surface area contributed by atoms with E-state index in [0.29, 0.717) is 0 Å². The number of epoxide rings is 1. The monoisotopic (exact) mass is 382 g/mol. The first kappa shape index (κ1) is 17.6. The molecule has 0 aromatic heterocycles. The van der Waals surface area contributed by atoms with Gasteiger partial charge in [0, 0.05) is 16.9 Å². The summed E-state index contributed by atoms with van der Waals surface area (Å²) in [5.74, 6) is -2.29. The second-order valence-corrected chi connectivity index (χ2v) is 8.69. The van der Waals surface area contributed by atoms with Crippen LogP contribution in [0.25, 0.3) is 0 Å². The molecule has 0 amide bonds. The highest BCUT2D eigenvalue weighted by molar-refractivity contribution is 5.85. The van der Waals surface area contributed by atoms with E-state index in [-0.39, 0.29) is 11.1 Å². The SMILES string of the molecule is CC(O)C1OC(=O)C(O)C2=C1[C@H](O)[C@H]1OC(=O)[C@]3(C)[C@H]1[C@]2(C)[C@H]1O[C@H]1[C@@H]3O. The van der Waals surface area contributed by atoms with Crippen LogP contribution in [0.4, 0.5) is 0 Å². The van der Waals surface area contributed by atoms with Crippen molar-refractivity contribution < 1.29 is 44.2 Å². The van der Waals surface area contributed by atoms with Crippen molar-refractivity contribution in [3.8, 4) is 0 Å². The highest BCUT2D eigenvalue weighted by Crippen LogP contribution is 2.69. The Morgan fingerprint density at radius 2 is 1.70 bits per heavy atom. The fourth-order valence-electron chi connectivity index (χ4n) is 6.14. The molecule has 27 heavy (non-hydrogen) atoms. The maximum Gasteiger partial charge on any atom is 0.340 e. The van der Waals surface area contributed by atoms with Crippen LogP contribution >= 0.6 is 0 Å². The van der Waals surface area contributed by atoms with Gasteiger partial charge in [0.2, 0.25) is 0 Å². The van der Waals surface area contributed by atoms with Crippen molar-refractivity contribution in [1.82, 2.24) is 0 Å². The van der Waals surface area contributed by atoms with Crippen LogP contribution in [0, 0.1) is 16.7 Å². The van der Waals surface area contributed by atoms with Gasteiger partial charge < -0.3 is 34.6 Å². The minimum atomic E-state index is -1.66. The summed E-state index contributed by atoms with van der Waals surface area (Å²) in [5.41, 5.74) is -2.03. The number of carbonyl (C=O) groups is 2. The Bertz CT molecular complexity index is 790. The van der Waals surface area contributed by atoms with E-state index in [9.17, 15) is 30.0 Å². The Balaban J connectivity index is 1.79. The molecule has 0 radical (unpaired) electrons. The second kappa shape index (κ2) is 4.90. The van der Waals surface area contributed by atoms with Crippen molar-refractivity contribution in [3.05, 3.63) is 11.1 Å². The molecule has 0 spiro atoms. The molecule has 1 saturated carbocycles. The average Bonchev–Trinajstić information content (AvgIpc) is 3.35. The van der Waals surface area contributed by atoms with E-state index in [2.05, 4.69) is 0 Å². The van der Waals surface area contributed by atoms with Crippen molar-refractivity contribution >= 4 is 11.9 Å². The van der Waals surface area contributed by atoms with Gasteiger partial charge in [-0.2, -0.15) is 0 Å². The summed E-state index contributed by atoms with van der Waals surface area (Å²) >= 11 is 0. The largest absolute Gasteiger partial charge is 0.458 e. The topological polar surface area (TPSA) is 146 Å². The molecular formula is C18H22O9. The number of rotatable bonds is 1. The molecule has 3 aliphatic heterocycles. The average molecular weight is 382 g/mol. The summed E-state index contributed by atoms with van der Waals surface area (Å²) in [4.78, 5) is 25.0. The van der Waals surface area contributed by atoms with Gasteiger partial charge in [-0.1, -0.05) is 6.92 Å². The number of cyclic esters (lactones) is 1. The van der Waals surface area contributed by atoms with E-state index in [1.165, 1.54) is 6.92 Å². The first-order chi connectivity index (χ1) is 12.6. The Hall–Kier alpha value is -1.52. The van der Waals surface area contributed by atoms with Gasteiger partial charge in [0.25, 0.3) is 0 Å². The maximum atomic E-state index is 12.7. The van der Waals surface area contributed by atoms with Crippen LogP contribution in [0.5, 0.6) is 0 Å². The third-order valence-corrected chi connectivity index (χ3v) is 7.35. The lowest BCUT2D eigenvalue weighted by Crippen LogP contribution is -2.66. The molecule has 2 aliphatic carbocycles. The van der Waals surface area contributed by atoms with Crippen molar-refractivity contribution in [3.63, 3.8) is 0 Å². The summed E-state index contributed by atoms with van der Waals surface area (Å²) in [6.45, 7) is 4.73. The summed E-state index contributed by atoms with van der Waals surface area (Å²) in [5, 5.41) is 42.5. The first-order valence-corrected chi connectivity index (χ1v) is 9.10. The van der Waals surface area contributed by atoms with E-state index >= 15 is 0 Å². The lowest BCUT2D eigenvalue weighted by atomic mass is 9.47. The number of aliphatic hydroxyl groups is 4. The second-order valence-electron chi connectivity index (χ2n) is 8.69. The van der Waals surface area contributed by atoms with Crippen LogP contribution in [-0.2, 0) is 23.8 Å². The predicted molar refractivity (Wildman–Crippen MR) is 84.9 cm³/mol. The minimum Gasteiger partial charge on any atom is -0.458 e. The molecule has 3 fully saturated rings. The van der Waals surface area contributed by atoms with Gasteiger partial charge in [0.15, 0.2) is 12.2 Å². The van der Waals surface area contributed by atoms with Crippen LogP contribution in [-0.4, -0.2) is 81.2 Å². The molecule has 9 heteroatoms. The molecule has 5 rings (SSSR count). The van der Waals surface area contributed by atoms with Gasteiger partial charge >= 0.3 is 11.9 Å². The minimum absolute atomic E-state index is 0.156. The lowest BCUT2D eigenvalue weighted by Gasteiger charge is -2.55. The third kappa shape index (κ3) is 1.73. The predicted octanol–water partition coefficient (Wildman–Crippen LogP) is -1.98. The quantitative estimate of drug-likeness (QED) is 0.230. The number of hydrogen-bond acceptors (Lipinski definition) is 9. The zero-order chi connectivity index (χ0) is 19.6. The van der Waals surface area contributed by atoms with E-state index in [4.69, 9.17) is 14.2 Å². The molecule has 11 atom stereocenters. The Kier molecular flexibility index (Phi) is 3.19. The molecule has 0 aromatic carbocycles. The van der Waals surface area contributed by atoms with E-state index < -0.39 is 77.5 Å². The van der Waals surface area contributed by atoms with Crippen molar-refractivity contribution in [2.24, 2.45) is 16.7 Å². The number of hydrogen-bond donors (Lipinski definition) is 4. The van der Waals surface area contributed by atoms with Gasteiger partial charge in [-0.25, -0.2) is 4.79 Å². The van der Waals surface area contributed by atoms with E-state index in [0.717, 1.165) is 0 Å². The van der Waals surface area contributed by atoms with Crippen LogP contribution < -0.4 is 0 Å². The van der Waals surface area contributed by atoms with Gasteiger partial charge in [0.05, 0.1) is 18.3 Å². The molecule has 2 saturated heterocycles. The number of fused-ring (bicyclic) bond motifs is 3. The Morgan fingerprint density at radius 3 is 2.33 bits per heavy atom. The highest BCUT2D eigenvalue weighted by Gasteiger charge is 2.81. The zero-order valence-corrected chi connectivity index (χ0v) is 15.0. The van der Waals surface area contributed by atoms with Crippen LogP contribution in [0.1, 0.15) is 20.8 Å². The van der Waals surface area contributed by atoms with Crippen LogP contribution in [0.15, 0.2) is 11.1 Å². The molecular weight excluding hydrogens is 360 g/mol. The van der Waals surface area contributed by atoms with Crippen LogP contribution in [0.3, 0.4) is 0 Å². The molecule has 0 bridgehead atoms. The van der Waals surface area contributed by atoms with E-state index in [1.807, 2.05) is 0 Å². The summed E-state index contributed by atoms with van der Waals surface area (Å²) < 4.78 is 16.4. The van der Waals surface area contributed by atoms with Gasteiger partial charge in [-0.3, -0.25) is 4.79 Å². The lowest BCUT2D eigenvalue weighted by molar-refractivity contribution is -0.171. The smallest absolute Gasteiger partial charge is 0.340 e. The van der Waals surface area contributed by atoms with Crippen molar-refractivity contribution in [2.45, 2.75) is 69.6 Å². The standard InChI is InChI=1S/C18H22O9/c1-4(19)9-5-6(8(21)15(23)26-9)17(2)12-10(7(5)20)27-16(24)18(12,3)13(22)11-14(17)25-11/h4,7-14,19-22H,1-3H3/t4?,7-,8?,9?,10+,11-,12+,13-,14-,17+,18+/m0/s1. The fraction of sp³-hybridized carbons (Fsp3) is 0.778. The number of carbonyl (C=O) groups excluding carboxylic acids is 2. The summed E-state index contributed by atoms with van der Waals surface area (Å²) in [6, 6.07) is 0. The molecule has 4 N–H and O–H groups in total. The third-order valence-electron chi connectivity index (χ3n) is 7.35. The number of ether oxygens (including phenoxy) is 3. The summed E-state index contributed by atoms with van der Waals surface area (Å²) in [6.07, 6.45) is -8.65. The zero-order valence-electron chi connectivity index (χ0n) is 15.0. The molecule has 148 valence electrons. The molecule has 3 heterocycles.